The van der Waals surface area contributed by atoms with Gasteiger partial charge in [-0.3, -0.25) is 9.10 Å². The lowest BCUT2D eigenvalue weighted by Gasteiger charge is -2.26. The second-order valence-electron chi connectivity index (χ2n) is 7.58. The number of hydrogen-bond donors (Lipinski definition) is 1. The Labute approximate surface area is 189 Å². The molecular formula is C21H27N3O6S2. The Hall–Kier alpha value is -2.47. The topological polar surface area (TPSA) is 113 Å². The molecule has 1 aliphatic rings. The van der Waals surface area contributed by atoms with Crippen molar-refractivity contribution in [3.05, 3.63) is 53.6 Å². The fourth-order valence-corrected chi connectivity index (χ4v) is 5.59. The standard InChI is InChI=1S/C21H27N3O6S2/c1-16-5-4-6-20(17(16)2)22-21(25)15-24(31(3,26)27)18-7-9-19(10-8-18)32(28,29)23-11-13-30-14-12-23/h4-10H,11-15H2,1-3H3,(H,22,25). The van der Waals surface area contributed by atoms with Crippen molar-refractivity contribution in [1.29, 1.82) is 0 Å². The largest absolute Gasteiger partial charge is 0.379 e. The molecule has 1 fully saturated rings. The van der Waals surface area contributed by atoms with Gasteiger partial charge in [0.25, 0.3) is 0 Å². The van der Waals surface area contributed by atoms with Gasteiger partial charge in [-0.2, -0.15) is 4.31 Å². The van der Waals surface area contributed by atoms with Crippen molar-refractivity contribution in [3.63, 3.8) is 0 Å². The highest BCUT2D eigenvalue weighted by Gasteiger charge is 2.27. The average Bonchev–Trinajstić information content (AvgIpc) is 2.75. The van der Waals surface area contributed by atoms with Gasteiger partial charge in [0.1, 0.15) is 6.54 Å². The summed E-state index contributed by atoms with van der Waals surface area (Å²) in [6, 6.07) is 10.9. The van der Waals surface area contributed by atoms with Crippen LogP contribution in [0.1, 0.15) is 11.1 Å². The normalized spacial score (nSPS) is 15.3. The summed E-state index contributed by atoms with van der Waals surface area (Å²) in [7, 11) is -7.50. The molecule has 0 saturated carbocycles. The van der Waals surface area contributed by atoms with E-state index >= 15 is 0 Å². The maximum atomic E-state index is 12.8. The predicted octanol–water partition coefficient (Wildman–Crippen LogP) is 1.73. The van der Waals surface area contributed by atoms with E-state index in [1.54, 1.807) is 12.1 Å². The van der Waals surface area contributed by atoms with Gasteiger partial charge in [-0.05, 0) is 55.3 Å². The third kappa shape index (κ3) is 5.47. The van der Waals surface area contributed by atoms with Crippen LogP contribution in [-0.2, 0) is 29.6 Å². The zero-order chi connectivity index (χ0) is 23.5. The molecule has 32 heavy (non-hydrogen) atoms. The summed E-state index contributed by atoms with van der Waals surface area (Å²) in [6.45, 7) is 4.52. The van der Waals surface area contributed by atoms with Crippen LogP contribution in [0, 0.1) is 13.8 Å². The Morgan fingerprint density at radius 2 is 1.66 bits per heavy atom. The van der Waals surface area contributed by atoms with Crippen LogP contribution >= 0.6 is 0 Å². The van der Waals surface area contributed by atoms with Crippen molar-refractivity contribution in [3.8, 4) is 0 Å². The van der Waals surface area contributed by atoms with E-state index in [4.69, 9.17) is 4.74 Å². The van der Waals surface area contributed by atoms with Crippen LogP contribution in [0.25, 0.3) is 0 Å². The first-order valence-electron chi connectivity index (χ1n) is 10.0. The number of aryl methyl sites for hydroxylation is 1. The summed E-state index contributed by atoms with van der Waals surface area (Å²) in [4.78, 5) is 12.7. The first-order valence-corrected chi connectivity index (χ1v) is 13.3. The van der Waals surface area contributed by atoms with E-state index < -0.39 is 32.5 Å². The highest BCUT2D eigenvalue weighted by Crippen LogP contribution is 2.24. The second-order valence-corrected chi connectivity index (χ2v) is 11.4. The van der Waals surface area contributed by atoms with Gasteiger partial charge in [-0.15, -0.1) is 0 Å². The number of rotatable bonds is 7. The summed E-state index contributed by atoms with van der Waals surface area (Å²) in [5.74, 6) is -0.505. The van der Waals surface area contributed by atoms with Crippen molar-refractivity contribution in [2.75, 3.05) is 48.7 Å². The van der Waals surface area contributed by atoms with E-state index in [0.717, 1.165) is 21.7 Å². The van der Waals surface area contributed by atoms with Crippen LogP contribution in [0.4, 0.5) is 11.4 Å². The van der Waals surface area contributed by atoms with Gasteiger partial charge in [0.05, 0.1) is 30.1 Å². The van der Waals surface area contributed by atoms with Crippen molar-refractivity contribution < 1.29 is 26.4 Å². The van der Waals surface area contributed by atoms with Gasteiger partial charge in [0.15, 0.2) is 0 Å². The van der Waals surface area contributed by atoms with Crippen LogP contribution in [-0.4, -0.2) is 66.2 Å². The summed E-state index contributed by atoms with van der Waals surface area (Å²) < 4.78 is 57.8. The van der Waals surface area contributed by atoms with Crippen molar-refractivity contribution in [2.24, 2.45) is 0 Å². The Bertz CT molecular complexity index is 1190. The number of amides is 1. The molecule has 0 aliphatic carbocycles. The Kier molecular flexibility index (Phi) is 7.23. The molecule has 9 nitrogen and oxygen atoms in total. The molecule has 0 aromatic heterocycles. The minimum absolute atomic E-state index is 0.0523. The Morgan fingerprint density at radius 1 is 1.03 bits per heavy atom. The molecule has 0 bridgehead atoms. The lowest BCUT2D eigenvalue weighted by atomic mass is 10.1. The number of ether oxygens (including phenoxy) is 1. The molecule has 174 valence electrons. The number of nitrogens with zero attached hydrogens (tertiary/aromatic N) is 2. The molecule has 11 heteroatoms. The molecule has 1 N–H and O–H groups in total. The van der Waals surface area contributed by atoms with E-state index in [9.17, 15) is 21.6 Å². The van der Waals surface area contributed by atoms with E-state index in [2.05, 4.69) is 5.32 Å². The maximum absolute atomic E-state index is 12.8. The zero-order valence-corrected chi connectivity index (χ0v) is 19.9. The monoisotopic (exact) mass is 481 g/mol. The van der Waals surface area contributed by atoms with Gasteiger partial charge in [0.2, 0.25) is 26.0 Å². The van der Waals surface area contributed by atoms with Gasteiger partial charge in [-0.25, -0.2) is 16.8 Å². The highest BCUT2D eigenvalue weighted by molar-refractivity contribution is 7.92. The molecule has 2 aromatic carbocycles. The molecular weight excluding hydrogens is 454 g/mol. The molecule has 2 aromatic rings. The van der Waals surface area contributed by atoms with Crippen molar-refractivity contribution in [2.45, 2.75) is 18.7 Å². The van der Waals surface area contributed by atoms with Crippen LogP contribution in [0.15, 0.2) is 47.4 Å². The summed E-state index contributed by atoms with van der Waals surface area (Å²) in [5, 5.41) is 2.74. The number of carbonyl (C=O) groups is 1. The number of morpholine rings is 1. The summed E-state index contributed by atoms with van der Waals surface area (Å²) in [5.41, 5.74) is 2.70. The minimum Gasteiger partial charge on any atom is -0.379 e. The van der Waals surface area contributed by atoms with E-state index in [1.807, 2.05) is 19.9 Å². The van der Waals surface area contributed by atoms with E-state index in [1.165, 1.54) is 28.6 Å². The first-order chi connectivity index (χ1) is 15.0. The number of sulfonamides is 2. The maximum Gasteiger partial charge on any atom is 0.245 e. The van der Waals surface area contributed by atoms with E-state index in [-0.39, 0.29) is 23.7 Å². The number of carbonyl (C=O) groups excluding carboxylic acids is 1. The summed E-state index contributed by atoms with van der Waals surface area (Å²) >= 11 is 0. The molecule has 0 unspecified atom stereocenters. The minimum atomic E-state index is -3.80. The molecule has 1 amide bonds. The Morgan fingerprint density at radius 3 is 2.25 bits per heavy atom. The highest BCUT2D eigenvalue weighted by atomic mass is 32.2. The third-order valence-electron chi connectivity index (χ3n) is 5.30. The molecule has 1 aliphatic heterocycles. The predicted molar refractivity (Wildman–Crippen MR) is 123 cm³/mol. The lowest BCUT2D eigenvalue weighted by molar-refractivity contribution is -0.114. The molecule has 3 rings (SSSR count). The Balaban J connectivity index is 1.80. The number of hydrogen-bond acceptors (Lipinski definition) is 6. The first kappa shape index (κ1) is 24.2. The van der Waals surface area contributed by atoms with Gasteiger partial charge < -0.3 is 10.1 Å². The van der Waals surface area contributed by atoms with Crippen LogP contribution in [0.5, 0.6) is 0 Å². The quantitative estimate of drug-likeness (QED) is 0.644. The van der Waals surface area contributed by atoms with Crippen LogP contribution in [0.3, 0.4) is 0 Å². The van der Waals surface area contributed by atoms with Gasteiger partial charge >= 0.3 is 0 Å². The average molecular weight is 482 g/mol. The molecule has 1 saturated heterocycles. The summed E-state index contributed by atoms with van der Waals surface area (Å²) in [6.07, 6.45) is 0.997. The fourth-order valence-electron chi connectivity index (χ4n) is 3.33. The number of nitrogens with one attached hydrogen (secondary N) is 1. The molecule has 1 heterocycles. The third-order valence-corrected chi connectivity index (χ3v) is 8.35. The van der Waals surface area contributed by atoms with Crippen LogP contribution < -0.4 is 9.62 Å². The molecule has 0 spiro atoms. The van der Waals surface area contributed by atoms with Crippen molar-refractivity contribution in [1.82, 2.24) is 4.31 Å². The van der Waals surface area contributed by atoms with Gasteiger partial charge in [0, 0.05) is 18.8 Å². The lowest BCUT2D eigenvalue weighted by Crippen LogP contribution is -2.40. The molecule has 0 atom stereocenters. The fraction of sp³-hybridized carbons (Fsp3) is 0.381. The SMILES string of the molecule is Cc1cccc(NC(=O)CN(c2ccc(S(=O)(=O)N3CCOCC3)cc2)S(C)(=O)=O)c1C. The van der Waals surface area contributed by atoms with Crippen molar-refractivity contribution >= 4 is 37.3 Å². The second kappa shape index (κ2) is 9.57. The molecule has 0 radical (unpaired) electrons. The number of anilines is 2. The number of benzene rings is 2. The van der Waals surface area contributed by atoms with Crippen LogP contribution in [0.2, 0.25) is 0 Å². The van der Waals surface area contributed by atoms with Gasteiger partial charge in [-0.1, -0.05) is 12.1 Å². The zero-order valence-electron chi connectivity index (χ0n) is 18.2. The van der Waals surface area contributed by atoms with E-state index in [0.29, 0.717) is 18.9 Å². The smallest absolute Gasteiger partial charge is 0.245 e.